The Bertz CT molecular complexity index is 1370. The van der Waals surface area contributed by atoms with Crippen LogP contribution in [-0.2, 0) is 4.79 Å². The zero-order valence-corrected chi connectivity index (χ0v) is 21.3. The smallest absolute Gasteiger partial charge is 0.255 e. The molecule has 0 aliphatic carbocycles. The number of aryl methyl sites for hydroxylation is 2. The molecule has 0 saturated heterocycles. The summed E-state index contributed by atoms with van der Waals surface area (Å²) >= 11 is 1.44. The summed E-state index contributed by atoms with van der Waals surface area (Å²) < 4.78 is 5.22. The van der Waals surface area contributed by atoms with Crippen LogP contribution < -0.4 is 15.4 Å². The maximum Gasteiger partial charge on any atom is 0.255 e. The summed E-state index contributed by atoms with van der Waals surface area (Å²) in [7, 11) is 1.57. The summed E-state index contributed by atoms with van der Waals surface area (Å²) in [5, 5.41) is 5.55. The molecule has 2 N–H and O–H groups in total. The minimum Gasteiger partial charge on any atom is -0.497 e. The number of hydrogen-bond acceptors (Lipinski definition) is 4. The van der Waals surface area contributed by atoms with Gasteiger partial charge >= 0.3 is 0 Å². The number of methoxy groups -OCH3 is 1. The molecule has 2 amide bonds. The first-order valence-corrected chi connectivity index (χ1v) is 12.5. The molecular formula is C30H28N2O3S. The molecule has 0 aromatic heterocycles. The molecule has 0 saturated carbocycles. The molecule has 0 aliphatic rings. The molecule has 0 aliphatic heterocycles. The van der Waals surface area contributed by atoms with E-state index in [1.54, 1.807) is 31.4 Å². The Labute approximate surface area is 215 Å². The molecule has 36 heavy (non-hydrogen) atoms. The Morgan fingerprint density at radius 1 is 0.806 bits per heavy atom. The number of benzene rings is 4. The van der Waals surface area contributed by atoms with Gasteiger partial charge in [-0.3, -0.25) is 9.59 Å². The fraction of sp³-hybridized carbons (Fsp3) is 0.133. The van der Waals surface area contributed by atoms with Crippen LogP contribution in [0.5, 0.6) is 5.75 Å². The predicted octanol–water partition coefficient (Wildman–Crippen LogP) is 7.04. The molecule has 5 nitrogen and oxygen atoms in total. The third-order valence-electron chi connectivity index (χ3n) is 5.66. The monoisotopic (exact) mass is 496 g/mol. The highest BCUT2D eigenvalue weighted by molar-refractivity contribution is 8.00. The molecule has 1 unspecified atom stereocenters. The van der Waals surface area contributed by atoms with Gasteiger partial charge in [-0.25, -0.2) is 0 Å². The van der Waals surface area contributed by atoms with Gasteiger partial charge < -0.3 is 15.4 Å². The van der Waals surface area contributed by atoms with E-state index in [0.29, 0.717) is 17.0 Å². The van der Waals surface area contributed by atoms with Crippen LogP contribution in [0, 0.1) is 13.8 Å². The fourth-order valence-electron chi connectivity index (χ4n) is 3.80. The van der Waals surface area contributed by atoms with Gasteiger partial charge in [0.15, 0.2) is 0 Å². The van der Waals surface area contributed by atoms with Crippen molar-refractivity contribution in [2.24, 2.45) is 0 Å². The molecular weight excluding hydrogens is 468 g/mol. The van der Waals surface area contributed by atoms with E-state index in [0.717, 1.165) is 27.3 Å². The van der Waals surface area contributed by atoms with E-state index >= 15 is 0 Å². The van der Waals surface area contributed by atoms with Crippen molar-refractivity contribution >= 4 is 35.0 Å². The summed E-state index contributed by atoms with van der Waals surface area (Å²) in [5.74, 6) is 0.278. The summed E-state index contributed by atoms with van der Waals surface area (Å²) in [6.07, 6.45) is 0. The van der Waals surface area contributed by atoms with Gasteiger partial charge in [0.2, 0.25) is 5.91 Å². The van der Waals surface area contributed by atoms with Gasteiger partial charge in [-0.1, -0.05) is 60.2 Å². The van der Waals surface area contributed by atoms with Gasteiger partial charge in [-0.2, -0.15) is 0 Å². The number of ether oxygens (including phenoxy) is 1. The standard InChI is InChI=1S/C30H28N2O3S/c1-20-15-16-27(21(2)17-20)32-30(34)28(22-9-5-4-6-10-22)36-26-14-8-12-24(19-26)31-29(33)23-11-7-13-25(18-23)35-3/h4-19,28H,1-3H3,(H,31,33)(H,32,34). The van der Waals surface area contributed by atoms with E-state index in [1.165, 1.54) is 11.8 Å². The summed E-state index contributed by atoms with van der Waals surface area (Å²) in [6, 6.07) is 30.2. The third kappa shape index (κ3) is 6.34. The molecule has 1 atom stereocenters. The zero-order valence-electron chi connectivity index (χ0n) is 20.4. The highest BCUT2D eigenvalue weighted by Gasteiger charge is 2.23. The van der Waals surface area contributed by atoms with Crippen LogP contribution >= 0.6 is 11.8 Å². The number of anilines is 2. The van der Waals surface area contributed by atoms with Crippen molar-refractivity contribution in [3.05, 3.63) is 119 Å². The second-order valence-electron chi connectivity index (χ2n) is 8.43. The van der Waals surface area contributed by atoms with Gasteiger partial charge in [-0.05, 0) is 67.4 Å². The number of amides is 2. The third-order valence-corrected chi connectivity index (χ3v) is 6.91. The summed E-state index contributed by atoms with van der Waals surface area (Å²) in [6.45, 7) is 4.02. The predicted molar refractivity (Wildman–Crippen MR) is 147 cm³/mol. The highest BCUT2D eigenvalue weighted by atomic mass is 32.2. The molecule has 4 aromatic rings. The lowest BCUT2D eigenvalue weighted by molar-refractivity contribution is -0.115. The highest BCUT2D eigenvalue weighted by Crippen LogP contribution is 2.37. The maximum absolute atomic E-state index is 13.4. The Hall–Kier alpha value is -4.03. The van der Waals surface area contributed by atoms with E-state index in [2.05, 4.69) is 16.7 Å². The number of carbonyl (C=O) groups is 2. The van der Waals surface area contributed by atoms with E-state index < -0.39 is 5.25 Å². The SMILES string of the molecule is COc1cccc(C(=O)Nc2cccc(SC(C(=O)Nc3ccc(C)cc3C)c3ccccc3)c2)c1. The number of hydrogen-bond donors (Lipinski definition) is 2. The molecule has 0 bridgehead atoms. The van der Waals surface area contributed by atoms with Crippen molar-refractivity contribution < 1.29 is 14.3 Å². The Balaban J connectivity index is 1.55. The molecule has 182 valence electrons. The molecule has 6 heteroatoms. The molecule has 0 radical (unpaired) electrons. The van der Waals surface area contributed by atoms with Gasteiger partial charge in [0.25, 0.3) is 5.91 Å². The summed E-state index contributed by atoms with van der Waals surface area (Å²) in [4.78, 5) is 27.1. The van der Waals surface area contributed by atoms with Crippen LogP contribution in [0.4, 0.5) is 11.4 Å². The number of carbonyl (C=O) groups excluding carboxylic acids is 2. The van der Waals surface area contributed by atoms with Crippen LogP contribution in [-0.4, -0.2) is 18.9 Å². The lowest BCUT2D eigenvalue weighted by Gasteiger charge is -2.18. The fourth-order valence-corrected chi connectivity index (χ4v) is 4.89. The normalized spacial score (nSPS) is 11.4. The van der Waals surface area contributed by atoms with Crippen molar-refractivity contribution in [1.29, 1.82) is 0 Å². The van der Waals surface area contributed by atoms with Crippen molar-refractivity contribution in [1.82, 2.24) is 0 Å². The lowest BCUT2D eigenvalue weighted by Crippen LogP contribution is -2.19. The molecule has 0 heterocycles. The lowest BCUT2D eigenvalue weighted by atomic mass is 10.1. The van der Waals surface area contributed by atoms with Crippen LogP contribution in [0.1, 0.15) is 32.3 Å². The van der Waals surface area contributed by atoms with Gasteiger partial charge in [0.1, 0.15) is 11.0 Å². The largest absolute Gasteiger partial charge is 0.497 e. The molecule has 4 aromatic carbocycles. The first-order chi connectivity index (χ1) is 17.4. The van der Waals surface area contributed by atoms with Crippen molar-refractivity contribution in [3.8, 4) is 5.75 Å². The molecule has 0 fully saturated rings. The quantitative estimate of drug-likeness (QED) is 0.257. The van der Waals surface area contributed by atoms with Crippen molar-refractivity contribution in [2.75, 3.05) is 17.7 Å². The van der Waals surface area contributed by atoms with Crippen LogP contribution in [0.25, 0.3) is 0 Å². The van der Waals surface area contributed by atoms with E-state index in [1.807, 2.05) is 80.6 Å². The Morgan fingerprint density at radius 2 is 1.58 bits per heavy atom. The number of thioether (sulfide) groups is 1. The Morgan fingerprint density at radius 3 is 2.33 bits per heavy atom. The van der Waals surface area contributed by atoms with Gasteiger partial charge in [-0.15, -0.1) is 11.8 Å². The van der Waals surface area contributed by atoms with Crippen molar-refractivity contribution in [3.63, 3.8) is 0 Å². The van der Waals surface area contributed by atoms with Gasteiger partial charge in [0.05, 0.1) is 7.11 Å². The average molecular weight is 497 g/mol. The summed E-state index contributed by atoms with van der Waals surface area (Å²) in [5.41, 5.74) is 5.01. The maximum atomic E-state index is 13.4. The van der Waals surface area contributed by atoms with Crippen LogP contribution in [0.2, 0.25) is 0 Å². The van der Waals surface area contributed by atoms with Crippen molar-refractivity contribution in [2.45, 2.75) is 24.0 Å². The molecule has 4 rings (SSSR count). The van der Waals surface area contributed by atoms with Crippen LogP contribution in [0.3, 0.4) is 0 Å². The molecule has 0 spiro atoms. The Kier molecular flexibility index (Phi) is 8.08. The number of rotatable bonds is 8. The van der Waals surface area contributed by atoms with E-state index in [9.17, 15) is 9.59 Å². The van der Waals surface area contributed by atoms with E-state index in [4.69, 9.17) is 4.74 Å². The second-order valence-corrected chi connectivity index (χ2v) is 9.61. The number of nitrogens with one attached hydrogen (secondary N) is 2. The topological polar surface area (TPSA) is 67.4 Å². The van der Waals surface area contributed by atoms with Crippen LogP contribution in [0.15, 0.2) is 102 Å². The minimum absolute atomic E-state index is 0.107. The first-order valence-electron chi connectivity index (χ1n) is 11.6. The van der Waals surface area contributed by atoms with Gasteiger partial charge in [0, 0.05) is 21.8 Å². The zero-order chi connectivity index (χ0) is 25.5. The average Bonchev–Trinajstić information content (AvgIpc) is 2.89. The minimum atomic E-state index is -0.476. The first kappa shape index (κ1) is 25.1. The van der Waals surface area contributed by atoms with E-state index in [-0.39, 0.29) is 11.8 Å². The second kappa shape index (κ2) is 11.6.